The van der Waals surface area contributed by atoms with Crippen molar-refractivity contribution in [1.82, 2.24) is 33.0 Å². The van der Waals surface area contributed by atoms with Crippen LogP contribution in [0.1, 0.15) is 34.1 Å². The maximum absolute atomic E-state index is 13.7. The van der Waals surface area contributed by atoms with Gasteiger partial charge in [-0.3, -0.25) is 0 Å². The zero-order valence-corrected chi connectivity index (χ0v) is 23.6. The zero-order chi connectivity index (χ0) is 28.9. The smallest absolute Gasteiger partial charge is 0.333 e. The van der Waals surface area contributed by atoms with Gasteiger partial charge in [0.15, 0.2) is 0 Å². The summed E-state index contributed by atoms with van der Waals surface area (Å²) >= 11 is 0. The SMILES string of the molecule is O=c1n(-c2ccccc2)c(=O)n2n1C[C@H]1Cc3ncn(Cc4ccccc4)c3[C@@H](c3cn(Cc4ccccc4)cn3)[C@@H]1C2. The fourth-order valence-corrected chi connectivity index (χ4v) is 7.05. The van der Waals surface area contributed by atoms with Crippen LogP contribution in [0.5, 0.6) is 0 Å². The summed E-state index contributed by atoms with van der Waals surface area (Å²) in [5.41, 5.74) is 5.57. The monoisotopic (exact) mass is 569 g/mol. The molecule has 1 aliphatic heterocycles. The highest BCUT2D eigenvalue weighted by atomic mass is 16.2. The molecule has 9 nitrogen and oxygen atoms in total. The van der Waals surface area contributed by atoms with Gasteiger partial charge in [-0.15, -0.1) is 0 Å². The molecule has 0 N–H and O–H groups in total. The van der Waals surface area contributed by atoms with Crippen LogP contribution >= 0.6 is 0 Å². The lowest BCUT2D eigenvalue weighted by molar-refractivity contribution is 0.135. The average molecular weight is 570 g/mol. The Hall–Kier alpha value is -5.18. The van der Waals surface area contributed by atoms with E-state index in [1.165, 1.54) is 15.7 Å². The Morgan fingerprint density at radius 3 is 2.02 bits per heavy atom. The summed E-state index contributed by atoms with van der Waals surface area (Å²) in [6.07, 6.45) is 6.74. The number of imidazole rings is 2. The maximum Gasteiger partial charge on any atom is 0.351 e. The highest BCUT2D eigenvalue weighted by molar-refractivity contribution is 5.34. The van der Waals surface area contributed by atoms with Gasteiger partial charge in [-0.25, -0.2) is 33.5 Å². The molecule has 0 bridgehead atoms. The molecule has 0 fully saturated rings. The summed E-state index contributed by atoms with van der Waals surface area (Å²) in [4.78, 5) is 37.2. The molecular formula is C34H31N7O2. The number of benzene rings is 3. The van der Waals surface area contributed by atoms with Crippen molar-refractivity contribution in [2.24, 2.45) is 11.8 Å². The first kappa shape index (κ1) is 25.5. The summed E-state index contributed by atoms with van der Waals surface area (Å²) in [7, 11) is 0. The predicted octanol–water partition coefficient (Wildman–Crippen LogP) is 3.92. The average Bonchev–Trinajstić information content (AvgIpc) is 3.73. The molecule has 8 rings (SSSR count). The number of rotatable bonds is 6. The van der Waals surface area contributed by atoms with Crippen LogP contribution in [-0.4, -0.2) is 33.0 Å². The van der Waals surface area contributed by atoms with Crippen LogP contribution in [0, 0.1) is 11.8 Å². The topological polar surface area (TPSA) is 84.6 Å². The van der Waals surface area contributed by atoms with Crippen LogP contribution in [0.4, 0.5) is 0 Å². The third kappa shape index (κ3) is 4.39. The van der Waals surface area contributed by atoms with E-state index in [1.807, 2.05) is 55.1 Å². The van der Waals surface area contributed by atoms with Crippen molar-refractivity contribution in [3.05, 3.63) is 159 Å². The Morgan fingerprint density at radius 1 is 0.698 bits per heavy atom. The van der Waals surface area contributed by atoms with Crippen LogP contribution in [0.2, 0.25) is 0 Å². The lowest BCUT2D eigenvalue weighted by Crippen LogP contribution is -2.46. The van der Waals surface area contributed by atoms with E-state index < -0.39 is 0 Å². The fraction of sp³-hybridized carbons (Fsp3) is 0.235. The van der Waals surface area contributed by atoms with Crippen molar-refractivity contribution in [2.75, 3.05) is 0 Å². The number of para-hydroxylation sites is 1. The standard InChI is InChI=1S/C34H31N7O2/c42-33-39-19-26-16-29-32(38(23-36-29)18-25-12-6-2-7-13-25)31(30-21-37(22-35-30)17-24-10-4-1-5-11-24)28(26)20-40(39)34(43)41(33)27-14-8-3-9-15-27/h1-15,21-23,26,28,31H,16-20H2/t26-,28-,31-/m1/s1. The normalized spacial score (nSPS) is 19.0. The Morgan fingerprint density at radius 2 is 1.33 bits per heavy atom. The molecule has 3 aromatic carbocycles. The second kappa shape index (κ2) is 10.3. The van der Waals surface area contributed by atoms with E-state index in [2.05, 4.69) is 51.7 Å². The van der Waals surface area contributed by atoms with E-state index in [-0.39, 0.29) is 29.1 Å². The third-order valence-electron chi connectivity index (χ3n) is 9.04. The third-order valence-corrected chi connectivity index (χ3v) is 9.04. The van der Waals surface area contributed by atoms with Gasteiger partial charge in [-0.2, -0.15) is 0 Å². The second-order valence-electron chi connectivity index (χ2n) is 11.7. The van der Waals surface area contributed by atoms with Crippen molar-refractivity contribution in [3.8, 4) is 5.69 Å². The number of hydrogen-bond donors (Lipinski definition) is 0. The number of hydrogen-bond acceptors (Lipinski definition) is 4. The fourth-order valence-electron chi connectivity index (χ4n) is 7.05. The van der Waals surface area contributed by atoms with Crippen molar-refractivity contribution < 1.29 is 0 Å². The largest absolute Gasteiger partial charge is 0.351 e. The Labute approximate surface area is 247 Å². The van der Waals surface area contributed by atoms with Gasteiger partial charge in [0.25, 0.3) is 0 Å². The minimum absolute atomic E-state index is 0.0718. The van der Waals surface area contributed by atoms with E-state index in [1.54, 1.807) is 21.5 Å². The minimum Gasteiger partial charge on any atom is -0.333 e. The maximum atomic E-state index is 13.7. The Bertz CT molecular complexity index is 2020. The van der Waals surface area contributed by atoms with Crippen molar-refractivity contribution >= 4 is 0 Å². The molecule has 4 heterocycles. The minimum atomic E-state index is -0.299. The Kier molecular flexibility index (Phi) is 6.10. The van der Waals surface area contributed by atoms with Gasteiger partial charge in [0.1, 0.15) is 0 Å². The summed E-state index contributed by atoms with van der Waals surface area (Å²) in [5, 5.41) is 0. The van der Waals surface area contributed by atoms with Crippen LogP contribution in [0.15, 0.2) is 119 Å². The van der Waals surface area contributed by atoms with Crippen molar-refractivity contribution in [3.63, 3.8) is 0 Å². The van der Waals surface area contributed by atoms with E-state index in [0.29, 0.717) is 25.3 Å². The molecule has 43 heavy (non-hydrogen) atoms. The molecule has 9 heteroatoms. The molecule has 0 spiro atoms. The van der Waals surface area contributed by atoms with Crippen LogP contribution < -0.4 is 11.4 Å². The second-order valence-corrected chi connectivity index (χ2v) is 11.7. The molecule has 214 valence electrons. The van der Waals surface area contributed by atoms with Crippen LogP contribution in [-0.2, 0) is 32.6 Å². The van der Waals surface area contributed by atoms with Crippen molar-refractivity contribution in [2.45, 2.75) is 38.5 Å². The van der Waals surface area contributed by atoms with Gasteiger partial charge in [0, 0.05) is 38.3 Å². The molecular weight excluding hydrogens is 538 g/mol. The first-order chi connectivity index (χ1) is 21.1. The first-order valence-electron chi connectivity index (χ1n) is 14.8. The molecule has 0 saturated heterocycles. The molecule has 0 unspecified atom stereocenters. The molecule has 1 aliphatic carbocycles. The van der Waals surface area contributed by atoms with Crippen LogP contribution in [0.3, 0.4) is 0 Å². The summed E-state index contributed by atoms with van der Waals surface area (Å²) < 4.78 is 8.95. The quantitative estimate of drug-likeness (QED) is 0.304. The van der Waals surface area contributed by atoms with E-state index >= 15 is 0 Å². The van der Waals surface area contributed by atoms with Crippen molar-refractivity contribution in [1.29, 1.82) is 0 Å². The summed E-state index contributed by atoms with van der Waals surface area (Å²) in [6.45, 7) is 2.33. The lowest BCUT2D eigenvalue weighted by Gasteiger charge is -2.41. The summed E-state index contributed by atoms with van der Waals surface area (Å²) in [6, 6.07) is 29.9. The molecule has 3 aromatic heterocycles. The molecule has 2 aliphatic rings. The molecule has 6 aromatic rings. The van der Waals surface area contributed by atoms with E-state index in [0.717, 1.165) is 30.0 Å². The van der Waals surface area contributed by atoms with Gasteiger partial charge in [0.2, 0.25) is 0 Å². The number of aromatic nitrogens is 7. The van der Waals surface area contributed by atoms with Gasteiger partial charge in [0.05, 0.1) is 35.4 Å². The predicted molar refractivity (Wildman–Crippen MR) is 162 cm³/mol. The van der Waals surface area contributed by atoms with Gasteiger partial charge in [-0.05, 0) is 41.5 Å². The molecule has 0 saturated carbocycles. The van der Waals surface area contributed by atoms with Gasteiger partial charge < -0.3 is 9.13 Å². The molecule has 0 radical (unpaired) electrons. The van der Waals surface area contributed by atoms with Crippen LogP contribution in [0.25, 0.3) is 5.69 Å². The zero-order valence-electron chi connectivity index (χ0n) is 23.6. The Balaban J connectivity index is 1.22. The lowest BCUT2D eigenvalue weighted by atomic mass is 9.70. The van der Waals surface area contributed by atoms with Gasteiger partial charge in [-0.1, -0.05) is 78.9 Å². The number of nitrogens with zero attached hydrogens (tertiary/aromatic N) is 7. The van der Waals surface area contributed by atoms with E-state index in [9.17, 15) is 9.59 Å². The molecule has 0 amide bonds. The van der Waals surface area contributed by atoms with E-state index in [4.69, 9.17) is 9.97 Å². The summed E-state index contributed by atoms with van der Waals surface area (Å²) in [5.74, 6) is 0.135. The molecule has 3 atom stereocenters. The number of fused-ring (bicyclic) bond motifs is 3. The van der Waals surface area contributed by atoms with Gasteiger partial charge >= 0.3 is 11.4 Å². The highest BCUT2D eigenvalue weighted by Gasteiger charge is 2.45. The highest BCUT2D eigenvalue weighted by Crippen LogP contribution is 2.45. The first-order valence-corrected chi connectivity index (χ1v) is 14.8.